The highest BCUT2D eigenvalue weighted by atomic mass is 35.5. The molecule has 0 radical (unpaired) electrons. The van der Waals surface area contributed by atoms with E-state index in [2.05, 4.69) is 38.8 Å². The predicted octanol–water partition coefficient (Wildman–Crippen LogP) is 11.8. The van der Waals surface area contributed by atoms with Gasteiger partial charge in [-0.3, -0.25) is 9.69 Å². The van der Waals surface area contributed by atoms with Gasteiger partial charge in [-0.05, 0) is 112 Å². The molecule has 0 spiro atoms. The molecule has 1 aromatic heterocycles. The number of carbonyl (C=O) groups excluding carboxylic acids is 2. The number of ether oxygens (including phenoxy) is 3. The molecule has 17 heteroatoms. The molecule has 0 unspecified atom stereocenters. The molecule has 10 nitrogen and oxygen atoms in total. The smallest absolute Gasteiger partial charge is 0.417 e. The molecule has 0 saturated carbocycles. The van der Waals surface area contributed by atoms with Crippen LogP contribution in [0.3, 0.4) is 0 Å². The number of anilines is 1. The Morgan fingerprint density at radius 1 is 0.877 bits per heavy atom. The second-order valence-electron chi connectivity index (χ2n) is 19.2. The number of carbonyl (C=O) groups is 2. The van der Waals surface area contributed by atoms with Gasteiger partial charge in [0.2, 0.25) is 0 Å². The molecule has 3 heterocycles. The minimum atomic E-state index is -5.16. The number of halogens is 6. The van der Waals surface area contributed by atoms with E-state index in [1.165, 1.54) is 19.1 Å². The van der Waals surface area contributed by atoms with Gasteiger partial charge in [-0.2, -0.15) is 13.2 Å². The van der Waals surface area contributed by atoms with Crippen molar-refractivity contribution in [3.63, 3.8) is 0 Å². The first kappa shape index (κ1) is 49.5. The number of amides is 2. The van der Waals surface area contributed by atoms with E-state index in [4.69, 9.17) is 30.2 Å². The van der Waals surface area contributed by atoms with Crippen molar-refractivity contribution in [1.29, 1.82) is 0 Å². The number of likely N-dealkylation sites (tertiary alicyclic amines) is 1. The fraction of sp³-hybridized carbons (Fsp3) is 0.479. The Kier molecular flexibility index (Phi) is 14.3. The van der Waals surface area contributed by atoms with Crippen LogP contribution in [0, 0.1) is 18.6 Å². The topological polar surface area (TPSA) is 93.7 Å². The summed E-state index contributed by atoms with van der Waals surface area (Å²) in [5, 5.41) is -0.746. The second-order valence-corrected chi connectivity index (χ2v) is 24.4. The first-order chi connectivity index (χ1) is 30.2. The van der Waals surface area contributed by atoms with E-state index in [9.17, 15) is 9.59 Å². The molecular weight excluding hydrogens is 887 g/mol. The Bertz CT molecular complexity index is 2340. The Labute approximate surface area is 384 Å². The highest BCUT2D eigenvalue weighted by molar-refractivity contribution is 6.74. The van der Waals surface area contributed by atoms with Crippen LogP contribution in [0.4, 0.5) is 32.4 Å². The molecule has 3 aromatic carbocycles. The Morgan fingerprint density at radius 2 is 1.43 bits per heavy atom. The number of pyridine rings is 1. The summed E-state index contributed by atoms with van der Waals surface area (Å²) < 4.78 is 102. The number of nitrogens with zero attached hydrogens (tertiary/aromatic N) is 4. The third-order valence-electron chi connectivity index (χ3n) is 12.7. The van der Waals surface area contributed by atoms with Gasteiger partial charge in [-0.1, -0.05) is 56.6 Å². The zero-order valence-corrected chi connectivity index (χ0v) is 40.5. The number of rotatable bonds is 12. The molecule has 2 bridgehead atoms. The lowest BCUT2D eigenvalue weighted by molar-refractivity contribution is -0.137. The fourth-order valence-electron chi connectivity index (χ4n) is 8.23. The van der Waals surface area contributed by atoms with Crippen LogP contribution in [0.1, 0.15) is 87.0 Å². The highest BCUT2D eigenvalue weighted by Crippen LogP contribution is 2.45. The van der Waals surface area contributed by atoms with Gasteiger partial charge >= 0.3 is 12.3 Å². The van der Waals surface area contributed by atoms with Gasteiger partial charge in [0.1, 0.15) is 39.6 Å². The van der Waals surface area contributed by atoms with Gasteiger partial charge in [0.15, 0.2) is 8.32 Å². The summed E-state index contributed by atoms with van der Waals surface area (Å²) in [4.78, 5) is 37.2. The molecule has 0 aliphatic carbocycles. The molecule has 2 amide bonds. The van der Waals surface area contributed by atoms with Crippen molar-refractivity contribution in [3.8, 4) is 22.8 Å². The Balaban J connectivity index is 1.43. The van der Waals surface area contributed by atoms with Crippen molar-refractivity contribution in [1.82, 2.24) is 14.8 Å². The van der Waals surface area contributed by atoms with E-state index in [0.29, 0.717) is 35.5 Å². The molecule has 2 aliphatic heterocycles. The van der Waals surface area contributed by atoms with E-state index in [0.717, 1.165) is 19.1 Å². The maximum Gasteiger partial charge on any atom is 0.417 e. The average molecular weight is 946 g/mol. The van der Waals surface area contributed by atoms with Gasteiger partial charge in [-0.25, -0.2) is 18.6 Å². The van der Waals surface area contributed by atoms with Crippen LogP contribution in [0.25, 0.3) is 11.3 Å². The number of fused-ring (bicyclic) bond motifs is 2. The SMILES string of the molecule is COc1ccc(CN(Cc2ccc(OC)cc2)c2cc(-c3nc(Cl)c(C(=O)N4C[C@H]5CC[C@@H]([C@H]4CO[Si](C)(C)C(C)(C)C)N5C(=O)OC(C)(C)C)cc3F)c(C(F)(F)F)c(C)c2F)cc1. The number of piperazine rings is 1. The largest absolute Gasteiger partial charge is 0.497 e. The lowest BCUT2D eigenvalue weighted by Crippen LogP contribution is -2.65. The van der Waals surface area contributed by atoms with Crippen molar-refractivity contribution in [2.24, 2.45) is 0 Å². The fourth-order valence-corrected chi connectivity index (χ4v) is 9.47. The third kappa shape index (κ3) is 10.7. The van der Waals surface area contributed by atoms with Crippen LogP contribution in [-0.4, -0.2) is 86.2 Å². The first-order valence-electron chi connectivity index (χ1n) is 21.5. The Morgan fingerprint density at radius 3 is 1.92 bits per heavy atom. The molecular formula is C48H58ClF5N4O6Si. The van der Waals surface area contributed by atoms with Crippen LogP contribution in [0.5, 0.6) is 11.5 Å². The van der Waals surface area contributed by atoms with Crippen LogP contribution in [0.2, 0.25) is 23.3 Å². The summed E-state index contributed by atoms with van der Waals surface area (Å²) in [6.45, 7) is 16.8. The minimum Gasteiger partial charge on any atom is -0.497 e. The summed E-state index contributed by atoms with van der Waals surface area (Å²) >= 11 is 6.75. The van der Waals surface area contributed by atoms with Gasteiger partial charge in [0, 0.05) is 25.2 Å². The number of hydrogen-bond acceptors (Lipinski definition) is 8. The summed E-state index contributed by atoms with van der Waals surface area (Å²) in [6.07, 6.45) is -4.58. The predicted molar refractivity (Wildman–Crippen MR) is 243 cm³/mol. The zero-order chi connectivity index (χ0) is 48.0. The number of benzene rings is 3. The van der Waals surface area contributed by atoms with E-state index >= 15 is 22.0 Å². The van der Waals surface area contributed by atoms with Gasteiger partial charge in [-0.15, -0.1) is 0 Å². The summed E-state index contributed by atoms with van der Waals surface area (Å²) in [7, 11) is 0.608. The molecule has 0 N–H and O–H groups in total. The summed E-state index contributed by atoms with van der Waals surface area (Å²) in [6, 6.07) is 13.9. The lowest BCUT2D eigenvalue weighted by Gasteiger charge is -2.48. The second kappa shape index (κ2) is 18.7. The molecule has 2 aliphatic rings. The minimum absolute atomic E-state index is 0.0325. The number of aromatic nitrogens is 1. The summed E-state index contributed by atoms with van der Waals surface area (Å²) in [5.74, 6) is -2.02. The van der Waals surface area contributed by atoms with Gasteiger partial charge < -0.3 is 28.4 Å². The zero-order valence-electron chi connectivity index (χ0n) is 38.8. The van der Waals surface area contributed by atoms with Crippen molar-refractivity contribution in [2.75, 3.05) is 32.3 Å². The highest BCUT2D eigenvalue weighted by Gasteiger charge is 2.52. The molecule has 2 saturated heterocycles. The quantitative estimate of drug-likeness (QED) is 0.0788. The third-order valence-corrected chi connectivity index (χ3v) is 17.5. The van der Waals surface area contributed by atoms with Crippen LogP contribution in [0.15, 0.2) is 60.7 Å². The van der Waals surface area contributed by atoms with Crippen LogP contribution in [-0.2, 0) is 28.4 Å². The van der Waals surface area contributed by atoms with E-state index < -0.39 is 89.4 Å². The maximum absolute atomic E-state index is 16.8. The standard InChI is InChI=1S/C48H58ClF5N4O6Si/c1-28-40(48(52,53)54)34(23-38(41(28)51)56(24-29-12-17-32(61-8)18-13-29)25-30-14-19-33(62-9)20-15-30)42-36(50)22-35(43(49)55-42)44(59)57-26-31-16-21-37(58(31)45(60)64-46(2,3)4)39(57)27-63-65(10,11)47(5,6)7/h12-15,17-20,22-23,31,37,39H,16,21,24-27H2,1-11H3/t31-,37+,39-/m1/s1. The van der Waals surface area contributed by atoms with Crippen molar-refractivity contribution >= 4 is 37.6 Å². The van der Waals surface area contributed by atoms with Crippen LogP contribution < -0.4 is 14.4 Å². The van der Waals surface area contributed by atoms with E-state index in [-0.39, 0.29) is 42.5 Å². The van der Waals surface area contributed by atoms with Gasteiger partial charge in [0.05, 0.1) is 55.8 Å². The number of methoxy groups -OCH3 is 2. The van der Waals surface area contributed by atoms with E-state index in [1.54, 1.807) is 79.1 Å². The number of alkyl halides is 3. The normalized spacial score (nSPS) is 17.9. The van der Waals surface area contributed by atoms with Crippen LogP contribution >= 0.6 is 11.6 Å². The van der Waals surface area contributed by atoms with Crippen molar-refractivity contribution in [2.45, 2.75) is 122 Å². The lowest BCUT2D eigenvalue weighted by atomic mass is 9.95. The molecule has 65 heavy (non-hydrogen) atoms. The number of hydrogen-bond donors (Lipinski definition) is 0. The maximum atomic E-state index is 16.8. The molecule has 4 aromatic rings. The molecule has 3 atom stereocenters. The van der Waals surface area contributed by atoms with Crippen molar-refractivity contribution < 1.29 is 50.2 Å². The Hall–Kier alpha value is -4.93. The first-order valence-corrected chi connectivity index (χ1v) is 24.8. The monoisotopic (exact) mass is 944 g/mol. The average Bonchev–Trinajstić information content (AvgIpc) is 3.55. The molecule has 2 fully saturated rings. The molecule has 6 rings (SSSR count). The van der Waals surface area contributed by atoms with E-state index in [1.807, 2.05) is 0 Å². The van der Waals surface area contributed by atoms with Gasteiger partial charge in [0.25, 0.3) is 5.91 Å². The summed E-state index contributed by atoms with van der Waals surface area (Å²) in [5.41, 5.74) is -3.85. The van der Waals surface area contributed by atoms with Crippen molar-refractivity contribution in [3.05, 3.63) is 105 Å². The molecule has 352 valence electrons.